The van der Waals surface area contributed by atoms with E-state index in [2.05, 4.69) is 29.0 Å². The third-order valence-electron chi connectivity index (χ3n) is 5.48. The average molecular weight is 308 g/mol. The third-order valence-corrected chi connectivity index (χ3v) is 5.71. The van der Waals surface area contributed by atoms with Gasteiger partial charge in [-0.15, -0.1) is 0 Å². The molecule has 2 heterocycles. The Labute approximate surface area is 133 Å². The predicted octanol–water partition coefficient (Wildman–Crippen LogP) is 2.73. The molecule has 1 aromatic rings. The standard InChI is InChI=1S/C17H26ClN3/c1-20(12-14-4-2-5-15(18)10-14)17(13-19)7-9-21-8-3-6-16(21)11-17/h2,4-5,10,16H,3,6-9,11-13,19H2,1H3. The van der Waals surface area contributed by atoms with E-state index in [1.54, 1.807) is 0 Å². The third kappa shape index (κ3) is 3.11. The first-order chi connectivity index (χ1) is 10.1. The molecule has 2 N–H and O–H groups in total. The Balaban J connectivity index is 1.72. The highest BCUT2D eigenvalue weighted by Crippen LogP contribution is 2.36. The molecule has 2 aliphatic heterocycles. The molecule has 0 bridgehead atoms. The first kappa shape index (κ1) is 15.3. The fourth-order valence-corrected chi connectivity index (χ4v) is 4.29. The molecular formula is C17H26ClN3. The number of hydrogen-bond donors (Lipinski definition) is 1. The van der Waals surface area contributed by atoms with E-state index < -0.39 is 0 Å². The minimum absolute atomic E-state index is 0.147. The van der Waals surface area contributed by atoms with Crippen LogP contribution in [0.15, 0.2) is 24.3 Å². The lowest BCUT2D eigenvalue weighted by molar-refractivity contribution is 0.0220. The summed E-state index contributed by atoms with van der Waals surface area (Å²) in [5, 5.41) is 0.813. The van der Waals surface area contributed by atoms with Gasteiger partial charge in [-0.3, -0.25) is 4.90 Å². The van der Waals surface area contributed by atoms with E-state index in [9.17, 15) is 0 Å². The second-order valence-corrected chi connectivity index (χ2v) is 7.14. The van der Waals surface area contributed by atoms with E-state index in [1.165, 1.54) is 44.3 Å². The summed E-state index contributed by atoms with van der Waals surface area (Å²) in [5.74, 6) is 0. The number of hydrogen-bond acceptors (Lipinski definition) is 3. The first-order valence-electron chi connectivity index (χ1n) is 8.03. The van der Waals surface area contributed by atoms with Crippen molar-refractivity contribution in [2.45, 2.75) is 43.8 Å². The van der Waals surface area contributed by atoms with Gasteiger partial charge in [0.2, 0.25) is 0 Å². The van der Waals surface area contributed by atoms with Gasteiger partial charge in [0, 0.05) is 36.2 Å². The van der Waals surface area contributed by atoms with Crippen LogP contribution in [0, 0.1) is 0 Å². The number of benzene rings is 1. The number of halogens is 1. The number of nitrogens with zero attached hydrogens (tertiary/aromatic N) is 2. The number of likely N-dealkylation sites (N-methyl/N-ethyl adjacent to an activating group) is 1. The van der Waals surface area contributed by atoms with Crippen LogP contribution in [0.3, 0.4) is 0 Å². The number of piperidine rings is 1. The molecule has 0 saturated carbocycles. The number of fused-ring (bicyclic) bond motifs is 1. The van der Waals surface area contributed by atoms with E-state index in [4.69, 9.17) is 17.3 Å². The Hall–Kier alpha value is -0.610. The molecule has 2 saturated heterocycles. The molecule has 4 heteroatoms. The van der Waals surface area contributed by atoms with Crippen LogP contribution >= 0.6 is 11.6 Å². The average Bonchev–Trinajstić information content (AvgIpc) is 2.94. The molecule has 21 heavy (non-hydrogen) atoms. The predicted molar refractivity (Wildman–Crippen MR) is 88.5 cm³/mol. The topological polar surface area (TPSA) is 32.5 Å². The summed E-state index contributed by atoms with van der Waals surface area (Å²) >= 11 is 6.11. The molecule has 2 fully saturated rings. The van der Waals surface area contributed by atoms with E-state index in [-0.39, 0.29) is 5.54 Å². The minimum atomic E-state index is 0.147. The summed E-state index contributed by atoms with van der Waals surface area (Å²) in [4.78, 5) is 5.12. The Morgan fingerprint density at radius 3 is 3.05 bits per heavy atom. The van der Waals surface area contributed by atoms with Crippen molar-refractivity contribution in [3.8, 4) is 0 Å². The van der Waals surface area contributed by atoms with E-state index in [0.29, 0.717) is 0 Å². The maximum Gasteiger partial charge on any atom is 0.0409 e. The molecule has 0 aromatic heterocycles. The lowest BCUT2D eigenvalue weighted by atomic mass is 9.81. The normalized spacial score (nSPS) is 29.8. The van der Waals surface area contributed by atoms with Gasteiger partial charge in [0.1, 0.15) is 0 Å². The van der Waals surface area contributed by atoms with Gasteiger partial charge < -0.3 is 10.6 Å². The molecule has 3 nitrogen and oxygen atoms in total. The Morgan fingerprint density at radius 1 is 1.43 bits per heavy atom. The van der Waals surface area contributed by atoms with Gasteiger partial charge in [0.15, 0.2) is 0 Å². The molecule has 0 amide bonds. The monoisotopic (exact) mass is 307 g/mol. The van der Waals surface area contributed by atoms with Crippen LogP contribution in [0.25, 0.3) is 0 Å². The van der Waals surface area contributed by atoms with E-state index in [1.807, 2.05) is 12.1 Å². The van der Waals surface area contributed by atoms with Crippen molar-refractivity contribution in [2.24, 2.45) is 5.73 Å². The quantitative estimate of drug-likeness (QED) is 0.928. The number of nitrogens with two attached hydrogens (primary N) is 1. The molecule has 1 aromatic carbocycles. The van der Waals surface area contributed by atoms with Crippen LogP contribution in [-0.2, 0) is 6.54 Å². The molecule has 2 unspecified atom stereocenters. The van der Waals surface area contributed by atoms with Crippen molar-refractivity contribution in [2.75, 3.05) is 26.7 Å². The molecule has 2 atom stereocenters. The molecule has 0 aliphatic carbocycles. The highest BCUT2D eigenvalue weighted by atomic mass is 35.5. The van der Waals surface area contributed by atoms with Gasteiger partial charge >= 0.3 is 0 Å². The van der Waals surface area contributed by atoms with Crippen molar-refractivity contribution < 1.29 is 0 Å². The van der Waals surface area contributed by atoms with Gasteiger partial charge in [0.05, 0.1) is 0 Å². The lowest BCUT2D eigenvalue weighted by Crippen LogP contribution is -2.59. The fourth-order valence-electron chi connectivity index (χ4n) is 4.08. The van der Waals surface area contributed by atoms with Gasteiger partial charge in [0.25, 0.3) is 0 Å². The number of rotatable bonds is 4. The molecular weight excluding hydrogens is 282 g/mol. The lowest BCUT2D eigenvalue weighted by Gasteiger charge is -2.49. The fraction of sp³-hybridized carbons (Fsp3) is 0.647. The van der Waals surface area contributed by atoms with Crippen molar-refractivity contribution in [3.05, 3.63) is 34.9 Å². The van der Waals surface area contributed by atoms with Gasteiger partial charge in [-0.2, -0.15) is 0 Å². The largest absolute Gasteiger partial charge is 0.329 e. The van der Waals surface area contributed by atoms with Crippen molar-refractivity contribution in [3.63, 3.8) is 0 Å². The van der Waals surface area contributed by atoms with Crippen LogP contribution in [0.4, 0.5) is 0 Å². The Bertz CT molecular complexity index is 493. The Morgan fingerprint density at radius 2 is 2.29 bits per heavy atom. The summed E-state index contributed by atoms with van der Waals surface area (Å²) in [6, 6.07) is 8.91. The van der Waals surface area contributed by atoms with Crippen LogP contribution in [0.1, 0.15) is 31.2 Å². The van der Waals surface area contributed by atoms with E-state index in [0.717, 1.165) is 24.2 Å². The van der Waals surface area contributed by atoms with Crippen molar-refractivity contribution in [1.29, 1.82) is 0 Å². The van der Waals surface area contributed by atoms with Crippen LogP contribution in [0.2, 0.25) is 5.02 Å². The van der Waals surface area contributed by atoms with Crippen molar-refractivity contribution >= 4 is 11.6 Å². The highest BCUT2D eigenvalue weighted by Gasteiger charge is 2.42. The van der Waals surface area contributed by atoms with E-state index >= 15 is 0 Å². The Kier molecular flexibility index (Phi) is 4.55. The zero-order valence-corrected chi connectivity index (χ0v) is 13.6. The molecule has 2 aliphatic rings. The zero-order chi connectivity index (χ0) is 14.9. The maximum atomic E-state index is 6.22. The van der Waals surface area contributed by atoms with Crippen LogP contribution in [-0.4, -0.2) is 48.1 Å². The zero-order valence-electron chi connectivity index (χ0n) is 12.9. The smallest absolute Gasteiger partial charge is 0.0409 e. The van der Waals surface area contributed by atoms with Crippen molar-refractivity contribution in [1.82, 2.24) is 9.80 Å². The van der Waals surface area contributed by atoms with Crippen LogP contribution in [0.5, 0.6) is 0 Å². The molecule has 3 rings (SSSR count). The first-order valence-corrected chi connectivity index (χ1v) is 8.40. The maximum absolute atomic E-state index is 6.22. The molecule has 116 valence electrons. The minimum Gasteiger partial charge on any atom is -0.329 e. The summed E-state index contributed by atoms with van der Waals surface area (Å²) in [6.07, 6.45) is 5.08. The summed E-state index contributed by atoms with van der Waals surface area (Å²) in [7, 11) is 2.22. The van der Waals surface area contributed by atoms with Gasteiger partial charge in [-0.25, -0.2) is 0 Å². The summed E-state index contributed by atoms with van der Waals surface area (Å²) < 4.78 is 0. The van der Waals surface area contributed by atoms with Gasteiger partial charge in [-0.1, -0.05) is 23.7 Å². The molecule has 0 radical (unpaired) electrons. The summed E-state index contributed by atoms with van der Waals surface area (Å²) in [6.45, 7) is 4.14. The second kappa shape index (κ2) is 6.25. The van der Waals surface area contributed by atoms with Crippen LogP contribution < -0.4 is 5.73 Å². The second-order valence-electron chi connectivity index (χ2n) is 6.70. The SMILES string of the molecule is CN(Cc1cccc(Cl)c1)C1(CN)CCN2CCCC2C1. The highest BCUT2D eigenvalue weighted by molar-refractivity contribution is 6.30. The summed E-state index contributed by atoms with van der Waals surface area (Å²) in [5.41, 5.74) is 7.64. The molecule has 0 spiro atoms. The van der Waals surface area contributed by atoms with Gasteiger partial charge in [-0.05, 0) is 57.0 Å².